The van der Waals surface area contributed by atoms with Crippen molar-refractivity contribution < 1.29 is 51.0 Å². The summed E-state index contributed by atoms with van der Waals surface area (Å²) in [5, 5.41) is 0. The number of benzene rings is 2. The standard InChI is InChI=1S/C28H31.2ClH.Zr/c1-27(2,3)18-9-13-21-22-14-10-19(28(4,5)6)16-25(22)26(24(21)15-18)23-12-8-17-7-11-20(17)23;;;/h9-10,13-16,26H,7,11-12H2,1-6H3;2*1H;/q-1;;;+3/p-2. The Hall–Kier alpha value is -0.617. The van der Waals surface area contributed by atoms with Gasteiger partial charge in [-0.3, -0.25) is 6.08 Å². The van der Waals surface area contributed by atoms with Crippen LogP contribution in [0.5, 0.6) is 0 Å². The first-order valence-electron chi connectivity index (χ1n) is 10.8. The van der Waals surface area contributed by atoms with E-state index in [1.54, 1.807) is 11.1 Å². The maximum atomic E-state index is 3.68. The Morgan fingerprint density at radius 1 is 0.742 bits per heavy atom. The average Bonchev–Trinajstić information content (AvgIpc) is 3.05. The van der Waals surface area contributed by atoms with Gasteiger partial charge in [-0.25, -0.2) is 5.57 Å². The Morgan fingerprint density at radius 2 is 1.23 bits per heavy atom. The van der Waals surface area contributed by atoms with E-state index < -0.39 is 0 Å². The molecule has 0 spiro atoms. The Labute approximate surface area is 219 Å². The molecule has 0 bridgehead atoms. The molecule has 5 rings (SSSR count). The number of allylic oxidation sites excluding steroid dienone is 4. The van der Waals surface area contributed by atoms with Crippen LogP contribution in [0.3, 0.4) is 0 Å². The summed E-state index contributed by atoms with van der Waals surface area (Å²) in [6.07, 6.45) is 7.18. The largest absolute Gasteiger partial charge is 3.00 e. The van der Waals surface area contributed by atoms with Crippen molar-refractivity contribution in [2.75, 3.05) is 0 Å². The number of rotatable bonds is 1. The van der Waals surface area contributed by atoms with Crippen LogP contribution in [0.15, 0.2) is 53.1 Å². The topological polar surface area (TPSA) is 0 Å². The fourth-order valence-electron chi connectivity index (χ4n) is 5.08. The van der Waals surface area contributed by atoms with Crippen molar-refractivity contribution in [2.45, 2.75) is 77.6 Å². The number of fused-ring (bicyclic) bond motifs is 4. The van der Waals surface area contributed by atoms with E-state index in [1.165, 1.54) is 51.8 Å². The minimum absolute atomic E-state index is 0. The first-order chi connectivity index (χ1) is 13.1. The molecule has 0 nitrogen and oxygen atoms in total. The summed E-state index contributed by atoms with van der Waals surface area (Å²) >= 11 is 0. The molecule has 0 amide bonds. The van der Waals surface area contributed by atoms with E-state index in [4.69, 9.17) is 0 Å². The van der Waals surface area contributed by atoms with Gasteiger partial charge >= 0.3 is 26.2 Å². The SMILES string of the molecule is CC(C)(C)c1ccc2c(c1)C(C1=C3CCC3=[C-]C1)c1cc(C(C)(C)C)ccc1-2.[Cl-].[Cl-].[Zr+3]. The summed E-state index contributed by atoms with van der Waals surface area (Å²) in [6, 6.07) is 14.4. The zero-order chi connectivity index (χ0) is 19.8. The van der Waals surface area contributed by atoms with Gasteiger partial charge in [-0.2, -0.15) is 11.1 Å². The molecule has 2 aromatic carbocycles. The molecule has 2 aromatic rings. The molecule has 3 aliphatic rings. The van der Waals surface area contributed by atoms with Gasteiger partial charge in [0.2, 0.25) is 0 Å². The van der Waals surface area contributed by atoms with Crippen LogP contribution in [0.4, 0.5) is 0 Å². The number of hydrogen-bond donors (Lipinski definition) is 0. The Bertz CT molecular complexity index is 998. The van der Waals surface area contributed by atoms with Crippen LogP contribution in [0.25, 0.3) is 11.1 Å². The van der Waals surface area contributed by atoms with Crippen molar-refractivity contribution in [3.8, 4) is 11.1 Å². The van der Waals surface area contributed by atoms with Gasteiger partial charge in [0.15, 0.2) is 0 Å². The molecule has 0 unspecified atom stereocenters. The monoisotopic (exact) mass is 527 g/mol. The van der Waals surface area contributed by atoms with Crippen molar-refractivity contribution in [3.63, 3.8) is 0 Å². The van der Waals surface area contributed by atoms with Gasteiger partial charge in [0.25, 0.3) is 0 Å². The summed E-state index contributed by atoms with van der Waals surface area (Å²) in [5.41, 5.74) is 13.9. The third-order valence-corrected chi connectivity index (χ3v) is 6.96. The van der Waals surface area contributed by atoms with Gasteiger partial charge in [-0.15, -0.1) is 6.42 Å². The molecule has 0 saturated heterocycles. The summed E-state index contributed by atoms with van der Waals surface area (Å²) in [7, 11) is 0. The van der Waals surface area contributed by atoms with Crippen molar-refractivity contribution in [2.24, 2.45) is 0 Å². The molecule has 1 saturated carbocycles. The third-order valence-electron chi connectivity index (χ3n) is 6.96. The minimum atomic E-state index is 0. The van der Waals surface area contributed by atoms with Crippen molar-refractivity contribution >= 4 is 0 Å². The van der Waals surface area contributed by atoms with Gasteiger partial charge in [-0.1, -0.05) is 90.8 Å². The van der Waals surface area contributed by atoms with E-state index in [9.17, 15) is 0 Å². The van der Waals surface area contributed by atoms with E-state index in [0.29, 0.717) is 5.92 Å². The van der Waals surface area contributed by atoms with Crippen LogP contribution >= 0.6 is 0 Å². The van der Waals surface area contributed by atoms with Crippen molar-refractivity contribution in [1.82, 2.24) is 0 Å². The maximum absolute atomic E-state index is 3.68. The zero-order valence-electron chi connectivity index (χ0n) is 19.4. The van der Waals surface area contributed by atoms with E-state index in [1.807, 2.05) is 0 Å². The van der Waals surface area contributed by atoms with E-state index in [0.717, 1.165) is 6.42 Å². The molecule has 0 heterocycles. The van der Waals surface area contributed by atoms with Crippen LogP contribution in [-0.4, -0.2) is 0 Å². The smallest absolute Gasteiger partial charge is 1.00 e. The summed E-state index contributed by atoms with van der Waals surface area (Å²) in [4.78, 5) is 0. The zero-order valence-corrected chi connectivity index (χ0v) is 23.4. The molecule has 3 heteroatoms. The maximum Gasteiger partial charge on any atom is 3.00 e. The number of hydrogen-bond acceptors (Lipinski definition) is 0. The number of halogens is 2. The first-order valence-corrected chi connectivity index (χ1v) is 10.8. The van der Waals surface area contributed by atoms with E-state index in [-0.39, 0.29) is 61.8 Å². The fourth-order valence-corrected chi connectivity index (χ4v) is 5.08. The van der Waals surface area contributed by atoms with Gasteiger partial charge < -0.3 is 24.8 Å². The van der Waals surface area contributed by atoms with Gasteiger partial charge in [0.05, 0.1) is 0 Å². The first kappa shape index (κ1) is 26.6. The van der Waals surface area contributed by atoms with E-state index >= 15 is 0 Å². The van der Waals surface area contributed by atoms with E-state index in [2.05, 4.69) is 84.0 Å². The molecule has 0 atom stereocenters. The average molecular weight is 530 g/mol. The minimum Gasteiger partial charge on any atom is -1.00 e. The third kappa shape index (κ3) is 4.32. The summed E-state index contributed by atoms with van der Waals surface area (Å²) in [5.74, 6) is 0.412. The molecule has 0 N–H and O–H groups in total. The molecular formula is C28H31Cl2Zr. The fraction of sp³-hybridized carbons (Fsp3) is 0.429. The Morgan fingerprint density at radius 3 is 1.58 bits per heavy atom. The molecule has 161 valence electrons. The second-order valence-corrected chi connectivity index (χ2v) is 10.9. The molecule has 0 aliphatic heterocycles. The predicted molar refractivity (Wildman–Crippen MR) is 119 cm³/mol. The quantitative estimate of drug-likeness (QED) is 0.493. The summed E-state index contributed by atoms with van der Waals surface area (Å²) < 4.78 is 0. The van der Waals surface area contributed by atoms with Crippen LogP contribution in [-0.2, 0) is 37.0 Å². The second kappa shape index (κ2) is 8.97. The molecular weight excluding hydrogens is 498 g/mol. The predicted octanol–water partition coefficient (Wildman–Crippen LogP) is 1.62. The van der Waals surface area contributed by atoms with Crippen molar-refractivity contribution in [3.05, 3.63) is 81.4 Å². The van der Waals surface area contributed by atoms with Crippen LogP contribution in [0, 0.1) is 6.08 Å². The van der Waals surface area contributed by atoms with Gasteiger partial charge in [0.1, 0.15) is 0 Å². The van der Waals surface area contributed by atoms with Gasteiger partial charge in [0, 0.05) is 5.92 Å². The molecule has 0 aromatic heterocycles. The normalized spacial score (nSPS) is 16.8. The molecule has 3 aliphatic carbocycles. The second-order valence-electron chi connectivity index (χ2n) is 10.9. The van der Waals surface area contributed by atoms with Crippen LogP contribution in [0.2, 0.25) is 0 Å². The Balaban J connectivity index is 0.00000114. The van der Waals surface area contributed by atoms with Crippen LogP contribution < -0.4 is 24.8 Å². The Kier molecular flexibility index (Phi) is 7.70. The molecule has 1 radical (unpaired) electrons. The van der Waals surface area contributed by atoms with Gasteiger partial charge in [-0.05, 0) is 44.2 Å². The molecule has 31 heavy (non-hydrogen) atoms. The van der Waals surface area contributed by atoms with Crippen molar-refractivity contribution in [1.29, 1.82) is 0 Å². The molecule has 1 fully saturated rings. The summed E-state index contributed by atoms with van der Waals surface area (Å²) in [6.45, 7) is 13.9. The van der Waals surface area contributed by atoms with Crippen LogP contribution in [0.1, 0.15) is 89.0 Å².